The van der Waals surface area contributed by atoms with Crippen LogP contribution in [0, 0.1) is 13.8 Å². The Morgan fingerprint density at radius 2 is 1.65 bits per heavy atom. The van der Waals surface area contributed by atoms with Crippen LogP contribution < -0.4 is 5.32 Å². The van der Waals surface area contributed by atoms with Crippen LogP contribution in [0.15, 0.2) is 71.6 Å². The smallest absolute Gasteiger partial charge is 0.244 e. The molecule has 3 aromatic rings. The zero-order valence-corrected chi connectivity index (χ0v) is 18.9. The lowest BCUT2D eigenvalue weighted by atomic mass is 9.95. The van der Waals surface area contributed by atoms with Crippen LogP contribution in [0.3, 0.4) is 0 Å². The van der Waals surface area contributed by atoms with E-state index in [0.29, 0.717) is 17.1 Å². The predicted molar refractivity (Wildman–Crippen MR) is 123 cm³/mol. The summed E-state index contributed by atoms with van der Waals surface area (Å²) in [7, 11) is -3.88. The van der Waals surface area contributed by atoms with Gasteiger partial charge in [0.05, 0.1) is 4.90 Å². The van der Waals surface area contributed by atoms with Gasteiger partial charge in [-0.25, -0.2) is 8.42 Å². The van der Waals surface area contributed by atoms with E-state index in [1.807, 2.05) is 38.1 Å². The van der Waals surface area contributed by atoms with Crippen LogP contribution in [-0.2, 0) is 27.8 Å². The number of halogens is 1. The molecule has 0 bridgehead atoms. The first-order valence-corrected chi connectivity index (χ1v) is 11.8. The van der Waals surface area contributed by atoms with Crippen molar-refractivity contribution in [2.45, 2.75) is 37.8 Å². The average molecular weight is 455 g/mol. The lowest BCUT2D eigenvalue weighted by Gasteiger charge is -2.35. The molecule has 1 N–H and O–H groups in total. The molecule has 3 aromatic carbocycles. The first-order valence-electron chi connectivity index (χ1n) is 9.98. The zero-order chi connectivity index (χ0) is 22.2. The number of nitrogens with one attached hydrogen (secondary N) is 1. The number of hydrogen-bond acceptors (Lipinski definition) is 3. The predicted octanol–water partition coefficient (Wildman–Crippen LogP) is 4.71. The Morgan fingerprint density at radius 3 is 2.35 bits per heavy atom. The van der Waals surface area contributed by atoms with Crippen molar-refractivity contribution in [1.82, 2.24) is 4.31 Å². The molecule has 1 atom stereocenters. The van der Waals surface area contributed by atoms with Crippen molar-refractivity contribution < 1.29 is 13.2 Å². The summed E-state index contributed by atoms with van der Waals surface area (Å²) >= 11 is 6.19. The number of fused-ring (bicyclic) bond motifs is 1. The van der Waals surface area contributed by atoms with Gasteiger partial charge in [-0.05, 0) is 61.2 Å². The van der Waals surface area contributed by atoms with Crippen LogP contribution in [0.4, 0.5) is 5.69 Å². The normalized spacial score (nSPS) is 16.5. The average Bonchev–Trinajstić information content (AvgIpc) is 2.76. The fraction of sp³-hybridized carbons (Fsp3) is 0.208. The summed E-state index contributed by atoms with van der Waals surface area (Å²) in [5.74, 6) is -0.379. The van der Waals surface area contributed by atoms with Crippen molar-refractivity contribution in [2.75, 3.05) is 5.32 Å². The summed E-state index contributed by atoms with van der Waals surface area (Å²) in [6, 6.07) is 18.7. The number of anilines is 1. The number of rotatable bonds is 4. The van der Waals surface area contributed by atoms with Gasteiger partial charge >= 0.3 is 0 Å². The van der Waals surface area contributed by atoms with Gasteiger partial charge in [0.25, 0.3) is 0 Å². The van der Waals surface area contributed by atoms with Gasteiger partial charge in [-0.2, -0.15) is 4.31 Å². The maximum absolute atomic E-state index is 13.5. The Hall–Kier alpha value is -2.67. The number of amides is 1. The van der Waals surface area contributed by atoms with E-state index < -0.39 is 16.1 Å². The highest BCUT2D eigenvalue weighted by Crippen LogP contribution is 2.31. The Kier molecular flexibility index (Phi) is 5.88. The second kappa shape index (κ2) is 8.46. The molecular formula is C24H23ClN2O3S. The van der Waals surface area contributed by atoms with Gasteiger partial charge in [0, 0.05) is 17.3 Å². The van der Waals surface area contributed by atoms with Gasteiger partial charge < -0.3 is 5.32 Å². The summed E-state index contributed by atoms with van der Waals surface area (Å²) in [5.41, 5.74) is 4.15. The third-order valence-electron chi connectivity index (χ3n) is 5.66. The van der Waals surface area contributed by atoms with Gasteiger partial charge in [0.15, 0.2) is 0 Å². The summed E-state index contributed by atoms with van der Waals surface area (Å²) in [6.07, 6.45) is 0.298. The second-order valence-electron chi connectivity index (χ2n) is 7.75. The highest BCUT2D eigenvalue weighted by molar-refractivity contribution is 7.89. The van der Waals surface area contributed by atoms with Crippen molar-refractivity contribution in [3.63, 3.8) is 0 Å². The highest BCUT2D eigenvalue weighted by Gasteiger charge is 2.39. The fourth-order valence-corrected chi connectivity index (χ4v) is 5.52. The van der Waals surface area contributed by atoms with E-state index in [0.717, 1.165) is 22.3 Å². The van der Waals surface area contributed by atoms with Crippen molar-refractivity contribution in [2.24, 2.45) is 0 Å². The van der Waals surface area contributed by atoms with Crippen LogP contribution in [-0.4, -0.2) is 24.7 Å². The summed E-state index contributed by atoms with van der Waals surface area (Å²) < 4.78 is 28.3. The number of carbonyl (C=O) groups excluding carboxylic acids is 1. The van der Waals surface area contributed by atoms with Crippen molar-refractivity contribution in [3.05, 3.63) is 94.0 Å². The standard InChI is InChI=1S/C24H23ClN2O3S/c1-16-10-12-20(13-11-16)31(29,30)27-15-19-7-4-3-6-18(19)14-23(27)24(28)26-22-9-5-8-21(25)17(22)2/h3-13,23H,14-15H2,1-2H3,(H,26,28)/t23-/m1/s1. The summed E-state index contributed by atoms with van der Waals surface area (Å²) in [4.78, 5) is 13.5. The molecule has 1 aliphatic heterocycles. The Balaban J connectivity index is 1.73. The molecule has 1 amide bonds. The Labute approximate surface area is 187 Å². The third kappa shape index (κ3) is 4.24. The summed E-state index contributed by atoms with van der Waals surface area (Å²) in [6.45, 7) is 3.85. The number of aryl methyl sites for hydroxylation is 1. The first-order chi connectivity index (χ1) is 14.8. The monoisotopic (exact) mass is 454 g/mol. The number of benzene rings is 3. The molecule has 7 heteroatoms. The number of sulfonamides is 1. The van der Waals surface area contributed by atoms with E-state index in [-0.39, 0.29) is 17.3 Å². The highest BCUT2D eigenvalue weighted by atomic mass is 35.5. The lowest BCUT2D eigenvalue weighted by Crippen LogP contribution is -2.50. The van der Waals surface area contributed by atoms with Crippen molar-refractivity contribution in [3.8, 4) is 0 Å². The molecule has 1 aliphatic rings. The molecule has 5 nitrogen and oxygen atoms in total. The molecule has 0 radical (unpaired) electrons. The van der Waals surface area contributed by atoms with Gasteiger partial charge in [-0.3, -0.25) is 4.79 Å². The third-order valence-corrected chi connectivity index (χ3v) is 7.94. The molecule has 0 unspecified atom stereocenters. The van der Waals surface area contributed by atoms with Crippen LogP contribution in [0.2, 0.25) is 5.02 Å². The molecule has 0 aliphatic carbocycles. The van der Waals surface area contributed by atoms with Gasteiger partial charge in [-0.1, -0.05) is 59.6 Å². The largest absolute Gasteiger partial charge is 0.324 e. The maximum atomic E-state index is 13.5. The molecule has 4 rings (SSSR count). The number of hydrogen-bond donors (Lipinski definition) is 1. The Morgan fingerprint density at radius 1 is 0.968 bits per heavy atom. The number of carbonyl (C=O) groups is 1. The van der Waals surface area contributed by atoms with Crippen LogP contribution in [0.1, 0.15) is 22.3 Å². The van der Waals surface area contributed by atoms with E-state index in [9.17, 15) is 13.2 Å². The molecular weight excluding hydrogens is 432 g/mol. The van der Waals surface area contributed by atoms with Crippen LogP contribution in [0.25, 0.3) is 0 Å². The fourth-order valence-electron chi connectivity index (χ4n) is 3.78. The molecule has 31 heavy (non-hydrogen) atoms. The minimum Gasteiger partial charge on any atom is -0.324 e. The molecule has 1 heterocycles. The van der Waals surface area contributed by atoms with E-state index in [1.165, 1.54) is 4.31 Å². The molecule has 0 spiro atoms. The van der Waals surface area contributed by atoms with Crippen LogP contribution in [0.5, 0.6) is 0 Å². The molecule has 0 fully saturated rings. The van der Waals surface area contributed by atoms with Crippen molar-refractivity contribution >= 4 is 33.2 Å². The summed E-state index contributed by atoms with van der Waals surface area (Å²) in [5, 5.41) is 3.42. The lowest BCUT2D eigenvalue weighted by molar-refractivity contribution is -0.120. The first kappa shape index (κ1) is 21.6. The van der Waals surface area contributed by atoms with E-state index in [2.05, 4.69) is 5.32 Å². The molecule has 160 valence electrons. The molecule has 0 aromatic heterocycles. The maximum Gasteiger partial charge on any atom is 0.244 e. The minimum absolute atomic E-state index is 0.138. The van der Waals surface area contributed by atoms with E-state index >= 15 is 0 Å². The zero-order valence-electron chi connectivity index (χ0n) is 17.3. The van der Waals surface area contributed by atoms with E-state index in [4.69, 9.17) is 11.6 Å². The Bertz CT molecular complexity index is 1240. The van der Waals surface area contributed by atoms with Gasteiger partial charge in [0.2, 0.25) is 15.9 Å². The van der Waals surface area contributed by atoms with E-state index in [1.54, 1.807) is 42.5 Å². The van der Waals surface area contributed by atoms with Crippen molar-refractivity contribution in [1.29, 1.82) is 0 Å². The SMILES string of the molecule is Cc1ccc(S(=O)(=O)N2Cc3ccccc3C[C@@H]2C(=O)Nc2cccc(Cl)c2C)cc1. The van der Waals surface area contributed by atoms with Gasteiger partial charge in [-0.15, -0.1) is 0 Å². The molecule has 0 saturated carbocycles. The second-order valence-corrected chi connectivity index (χ2v) is 10.1. The topological polar surface area (TPSA) is 66.5 Å². The molecule has 0 saturated heterocycles. The minimum atomic E-state index is -3.88. The van der Waals surface area contributed by atoms with Gasteiger partial charge in [0.1, 0.15) is 6.04 Å². The van der Waals surface area contributed by atoms with Crippen LogP contribution >= 0.6 is 11.6 Å². The number of nitrogens with zero attached hydrogens (tertiary/aromatic N) is 1. The quantitative estimate of drug-likeness (QED) is 0.620.